The summed E-state index contributed by atoms with van der Waals surface area (Å²) in [4.78, 5) is 12.3. The molecule has 1 atom stereocenters. The van der Waals surface area contributed by atoms with Crippen LogP contribution in [0.5, 0.6) is 11.5 Å². The molecule has 2 aliphatic heterocycles. The Morgan fingerprint density at radius 1 is 1.25 bits per heavy atom. The van der Waals surface area contributed by atoms with Gasteiger partial charge in [-0.25, -0.2) is 16.8 Å². The van der Waals surface area contributed by atoms with Gasteiger partial charge < -0.3 is 14.8 Å². The fourth-order valence-electron chi connectivity index (χ4n) is 3.16. The number of carbonyl (C=O) groups excluding carboxylic acids is 1. The van der Waals surface area contributed by atoms with Crippen LogP contribution in [0.2, 0.25) is 0 Å². The van der Waals surface area contributed by atoms with E-state index in [9.17, 15) is 21.6 Å². The Balaban J connectivity index is 1.72. The van der Waals surface area contributed by atoms with E-state index in [1.54, 1.807) is 13.0 Å². The van der Waals surface area contributed by atoms with Crippen molar-refractivity contribution in [2.45, 2.75) is 30.7 Å². The van der Waals surface area contributed by atoms with E-state index in [0.29, 0.717) is 37.6 Å². The molecule has 1 unspecified atom stereocenters. The minimum atomic E-state index is -3.93. The highest BCUT2D eigenvalue weighted by atomic mass is 32.2. The van der Waals surface area contributed by atoms with Crippen LogP contribution in [0.25, 0.3) is 0 Å². The second kappa shape index (κ2) is 8.26. The number of nitrogens with one attached hydrogen (secondary N) is 1. The molecule has 1 N–H and O–H groups in total. The van der Waals surface area contributed by atoms with Crippen LogP contribution in [0.4, 0.5) is 0 Å². The molecule has 0 bridgehead atoms. The van der Waals surface area contributed by atoms with Crippen molar-refractivity contribution in [2.24, 2.45) is 0 Å². The van der Waals surface area contributed by atoms with Crippen molar-refractivity contribution in [1.82, 2.24) is 9.62 Å². The van der Waals surface area contributed by atoms with Gasteiger partial charge in [0.2, 0.25) is 15.9 Å². The van der Waals surface area contributed by atoms with Crippen molar-refractivity contribution in [3.05, 3.63) is 18.2 Å². The van der Waals surface area contributed by atoms with E-state index in [4.69, 9.17) is 9.47 Å². The van der Waals surface area contributed by atoms with Crippen molar-refractivity contribution >= 4 is 25.8 Å². The molecule has 9 nitrogen and oxygen atoms in total. The third kappa shape index (κ3) is 4.76. The average Bonchev–Trinajstić information content (AvgIpc) is 2.83. The van der Waals surface area contributed by atoms with Crippen LogP contribution in [-0.4, -0.2) is 70.9 Å². The number of carbonyl (C=O) groups is 1. The van der Waals surface area contributed by atoms with Crippen molar-refractivity contribution in [3.63, 3.8) is 0 Å². The summed E-state index contributed by atoms with van der Waals surface area (Å²) in [5, 5.41) is 2.61. The summed E-state index contributed by atoms with van der Waals surface area (Å²) < 4.78 is 61.0. The van der Waals surface area contributed by atoms with Crippen molar-refractivity contribution < 1.29 is 31.1 Å². The number of rotatable bonds is 6. The highest BCUT2D eigenvalue weighted by Gasteiger charge is 2.31. The quantitative estimate of drug-likeness (QED) is 0.680. The number of hydrogen-bond donors (Lipinski definition) is 1. The van der Waals surface area contributed by atoms with E-state index < -0.39 is 31.8 Å². The Kier molecular flexibility index (Phi) is 6.15. The van der Waals surface area contributed by atoms with Crippen LogP contribution >= 0.6 is 0 Å². The van der Waals surface area contributed by atoms with Crippen LogP contribution in [0.1, 0.15) is 19.8 Å². The van der Waals surface area contributed by atoms with Gasteiger partial charge in [-0.3, -0.25) is 4.79 Å². The van der Waals surface area contributed by atoms with Gasteiger partial charge >= 0.3 is 0 Å². The van der Waals surface area contributed by atoms with E-state index >= 15 is 0 Å². The maximum atomic E-state index is 13.0. The Morgan fingerprint density at radius 3 is 2.61 bits per heavy atom. The summed E-state index contributed by atoms with van der Waals surface area (Å²) in [6, 6.07) is 3.90. The minimum absolute atomic E-state index is 0.00911. The van der Waals surface area contributed by atoms with Crippen molar-refractivity contribution in [3.8, 4) is 11.5 Å². The van der Waals surface area contributed by atoms with Crippen molar-refractivity contribution in [2.75, 3.05) is 37.8 Å². The molecular weight excluding hydrogens is 408 g/mol. The predicted octanol–water partition coefficient (Wildman–Crippen LogP) is 0.162. The number of hydrogen-bond acceptors (Lipinski definition) is 7. The molecule has 156 valence electrons. The second-order valence-corrected chi connectivity index (χ2v) is 10.9. The van der Waals surface area contributed by atoms with Crippen molar-refractivity contribution in [1.29, 1.82) is 0 Å². The van der Waals surface area contributed by atoms with E-state index in [1.165, 1.54) is 12.1 Å². The molecule has 0 radical (unpaired) electrons. The highest BCUT2D eigenvalue weighted by molar-refractivity contribution is 7.91. The zero-order chi connectivity index (χ0) is 20.4. The molecule has 1 amide bonds. The lowest BCUT2D eigenvalue weighted by molar-refractivity contribution is -0.121. The number of fused-ring (bicyclic) bond motifs is 1. The van der Waals surface area contributed by atoms with Crippen LogP contribution in [0, 0.1) is 0 Å². The normalized spacial score (nSPS) is 21.3. The summed E-state index contributed by atoms with van der Waals surface area (Å²) >= 11 is 0. The lowest BCUT2D eigenvalue weighted by atomic mass is 10.2. The van der Waals surface area contributed by atoms with Gasteiger partial charge in [-0.15, -0.1) is 0 Å². The first-order chi connectivity index (χ1) is 13.2. The first kappa shape index (κ1) is 20.9. The molecule has 0 saturated carbocycles. The molecule has 11 heteroatoms. The maximum absolute atomic E-state index is 13.0. The Hall–Kier alpha value is -1.85. The number of amides is 1. The minimum Gasteiger partial charge on any atom is -0.490 e. The van der Waals surface area contributed by atoms with Gasteiger partial charge in [0.05, 0.1) is 36.2 Å². The molecule has 1 aromatic carbocycles. The largest absolute Gasteiger partial charge is 0.490 e. The maximum Gasteiger partial charge on any atom is 0.243 e. The fourth-order valence-corrected chi connectivity index (χ4v) is 6.26. The molecule has 0 spiro atoms. The summed E-state index contributed by atoms with van der Waals surface area (Å²) in [5.74, 6) is 0.238. The summed E-state index contributed by atoms with van der Waals surface area (Å²) in [6.07, 6.45) is 1.05. The number of sulfone groups is 1. The standard InChI is InChI=1S/C17H24N2O7S2/c1-2-19(11-17(20)18-13-6-9-27(21,22)12-13)28(23,24)14-4-5-15-16(10-14)26-8-3-7-25-15/h4-5,10,13H,2-3,6-9,11-12H2,1H3,(H,18,20). The van der Waals surface area contributed by atoms with Gasteiger partial charge in [0.15, 0.2) is 21.3 Å². The Morgan fingerprint density at radius 2 is 1.96 bits per heavy atom. The molecule has 3 rings (SSSR count). The van der Waals surface area contributed by atoms with Crippen LogP contribution in [-0.2, 0) is 24.7 Å². The van der Waals surface area contributed by atoms with E-state index in [1.807, 2.05) is 0 Å². The topological polar surface area (TPSA) is 119 Å². The summed E-state index contributed by atoms with van der Waals surface area (Å²) in [6.45, 7) is 2.27. The van der Waals surface area contributed by atoms with E-state index in [-0.39, 0.29) is 29.5 Å². The lowest BCUT2D eigenvalue weighted by Gasteiger charge is -2.21. The second-order valence-electron chi connectivity index (χ2n) is 6.76. The zero-order valence-electron chi connectivity index (χ0n) is 15.6. The molecule has 0 aromatic heterocycles. The average molecular weight is 433 g/mol. The molecule has 1 saturated heterocycles. The fraction of sp³-hybridized carbons (Fsp3) is 0.588. The van der Waals surface area contributed by atoms with Gasteiger partial charge in [-0.1, -0.05) is 6.92 Å². The van der Waals surface area contributed by atoms with Crippen LogP contribution in [0.3, 0.4) is 0 Å². The number of sulfonamides is 1. The SMILES string of the molecule is CCN(CC(=O)NC1CCS(=O)(=O)C1)S(=O)(=O)c1ccc2c(c1)OCCCO2. The smallest absolute Gasteiger partial charge is 0.243 e. The molecule has 28 heavy (non-hydrogen) atoms. The number of ether oxygens (including phenoxy) is 2. The number of nitrogens with zero attached hydrogens (tertiary/aromatic N) is 1. The Labute approximate surface area is 165 Å². The monoisotopic (exact) mass is 432 g/mol. The predicted molar refractivity (Wildman–Crippen MR) is 102 cm³/mol. The molecule has 2 heterocycles. The van der Waals surface area contributed by atoms with E-state index in [0.717, 1.165) is 4.31 Å². The van der Waals surface area contributed by atoms with Gasteiger partial charge in [0.1, 0.15) is 0 Å². The summed E-state index contributed by atoms with van der Waals surface area (Å²) in [5.41, 5.74) is 0. The summed E-state index contributed by atoms with van der Waals surface area (Å²) in [7, 11) is -7.06. The first-order valence-electron chi connectivity index (χ1n) is 9.11. The number of benzene rings is 1. The molecule has 2 aliphatic rings. The zero-order valence-corrected chi connectivity index (χ0v) is 17.2. The van der Waals surface area contributed by atoms with Crippen LogP contribution in [0.15, 0.2) is 23.1 Å². The van der Waals surface area contributed by atoms with Gasteiger partial charge in [0, 0.05) is 25.1 Å². The van der Waals surface area contributed by atoms with Gasteiger partial charge in [-0.05, 0) is 18.6 Å². The van der Waals surface area contributed by atoms with E-state index in [2.05, 4.69) is 5.32 Å². The number of likely N-dealkylation sites (N-methyl/N-ethyl adjacent to an activating group) is 1. The molecule has 0 aliphatic carbocycles. The molecule has 1 fully saturated rings. The van der Waals surface area contributed by atoms with Crippen LogP contribution < -0.4 is 14.8 Å². The lowest BCUT2D eigenvalue weighted by Crippen LogP contribution is -2.44. The molecular formula is C17H24N2O7S2. The third-order valence-corrected chi connectivity index (χ3v) is 8.31. The highest BCUT2D eigenvalue weighted by Crippen LogP contribution is 2.32. The third-order valence-electron chi connectivity index (χ3n) is 4.63. The van der Waals surface area contributed by atoms with Gasteiger partial charge in [-0.2, -0.15) is 4.31 Å². The Bertz CT molecular complexity index is 944. The van der Waals surface area contributed by atoms with Gasteiger partial charge in [0.25, 0.3) is 0 Å². The first-order valence-corrected chi connectivity index (χ1v) is 12.4. The molecule has 1 aromatic rings.